The number of carbonyl (C=O) groups is 1. The molecule has 3 aliphatic rings. The van der Waals surface area contributed by atoms with Crippen molar-refractivity contribution < 1.29 is 14.6 Å². The first-order valence-electron chi connectivity index (χ1n) is 6.26. The van der Waals surface area contributed by atoms with E-state index in [1.165, 1.54) is 16.9 Å². The molecule has 1 amide bonds. The van der Waals surface area contributed by atoms with Crippen LogP contribution in [0.2, 0.25) is 0 Å². The van der Waals surface area contributed by atoms with Crippen molar-refractivity contribution in [2.24, 2.45) is 0 Å². The van der Waals surface area contributed by atoms with Gasteiger partial charge < -0.3 is 20.2 Å². The van der Waals surface area contributed by atoms with Crippen LogP contribution in [-0.4, -0.2) is 45.5 Å². The molecule has 4 rings (SSSR count). The van der Waals surface area contributed by atoms with Crippen molar-refractivity contribution in [2.75, 3.05) is 18.6 Å². The third kappa shape index (κ3) is 1.42. The molecule has 0 unspecified atom stereocenters. The Kier molecular flexibility index (Phi) is 1.88. The minimum absolute atomic E-state index is 0.00134. The normalized spacial score (nSPS) is 26.6. The number of rotatable bonds is 0. The van der Waals surface area contributed by atoms with E-state index >= 15 is 0 Å². The van der Waals surface area contributed by atoms with E-state index in [1.54, 1.807) is 4.90 Å². The first-order valence-corrected chi connectivity index (χ1v) is 6.26. The van der Waals surface area contributed by atoms with Gasteiger partial charge in [0.1, 0.15) is 6.17 Å². The van der Waals surface area contributed by atoms with Crippen molar-refractivity contribution in [2.45, 2.75) is 24.6 Å². The molecule has 2 aliphatic heterocycles. The van der Waals surface area contributed by atoms with E-state index in [9.17, 15) is 14.7 Å². The molecular formula is C12H13N3O4. The zero-order valence-electron chi connectivity index (χ0n) is 10.1. The number of hydrogen-bond acceptors (Lipinski definition) is 5. The van der Waals surface area contributed by atoms with Gasteiger partial charge in [0.2, 0.25) is 5.43 Å². The first-order chi connectivity index (χ1) is 9.10. The van der Waals surface area contributed by atoms with E-state index in [0.717, 1.165) is 12.8 Å². The van der Waals surface area contributed by atoms with Gasteiger partial charge in [-0.3, -0.25) is 14.3 Å². The zero-order valence-corrected chi connectivity index (χ0v) is 10.1. The van der Waals surface area contributed by atoms with E-state index < -0.39 is 11.2 Å². The highest BCUT2D eigenvalue weighted by molar-refractivity contribution is 5.96. The van der Waals surface area contributed by atoms with E-state index in [2.05, 4.69) is 5.43 Å². The zero-order chi connectivity index (χ0) is 13.2. The number of hydrogen-bond donors (Lipinski definition) is 2. The Morgan fingerprint density at radius 2 is 2.21 bits per heavy atom. The largest absolute Gasteiger partial charge is 0.502 e. The monoisotopic (exact) mass is 263 g/mol. The van der Waals surface area contributed by atoms with Crippen LogP contribution < -0.4 is 10.9 Å². The van der Waals surface area contributed by atoms with Crippen LogP contribution in [0.1, 0.15) is 23.3 Å². The van der Waals surface area contributed by atoms with Crippen LogP contribution in [0.15, 0.2) is 17.1 Å². The van der Waals surface area contributed by atoms with Crippen molar-refractivity contribution in [3.8, 4) is 5.75 Å². The Morgan fingerprint density at radius 1 is 1.42 bits per heavy atom. The number of nitrogens with zero attached hydrogens (tertiary/aromatic N) is 2. The number of fused-ring (bicyclic) bond motifs is 2. The Labute approximate surface area is 108 Å². The molecule has 7 heteroatoms. The van der Waals surface area contributed by atoms with Crippen LogP contribution in [0.4, 0.5) is 0 Å². The van der Waals surface area contributed by atoms with Gasteiger partial charge in [0.15, 0.2) is 11.4 Å². The lowest BCUT2D eigenvalue weighted by Crippen LogP contribution is -2.61. The molecule has 3 heterocycles. The number of nitrogens with one attached hydrogen (secondary N) is 1. The van der Waals surface area contributed by atoms with Crippen LogP contribution >= 0.6 is 0 Å². The number of aromatic hydroxyl groups is 1. The molecule has 0 radical (unpaired) electrons. The molecule has 19 heavy (non-hydrogen) atoms. The van der Waals surface area contributed by atoms with Gasteiger partial charge in [-0.15, -0.1) is 0 Å². The summed E-state index contributed by atoms with van der Waals surface area (Å²) in [5, 5.41) is 9.80. The van der Waals surface area contributed by atoms with Crippen LogP contribution in [0.3, 0.4) is 0 Å². The lowest BCUT2D eigenvalue weighted by atomic mass is 10.1. The highest BCUT2D eigenvalue weighted by atomic mass is 16.5. The predicted octanol–water partition coefficient (Wildman–Crippen LogP) is -0.558. The molecule has 2 N–H and O–H groups in total. The summed E-state index contributed by atoms with van der Waals surface area (Å²) in [5.41, 5.74) is 2.32. The van der Waals surface area contributed by atoms with Crippen LogP contribution in [-0.2, 0) is 4.74 Å². The Morgan fingerprint density at radius 3 is 2.95 bits per heavy atom. The Bertz CT molecular complexity index is 634. The number of aromatic nitrogens is 1. The number of ether oxygens (including phenoxy) is 1. The minimum atomic E-state index is -0.547. The lowest BCUT2D eigenvalue weighted by Gasteiger charge is -2.44. The van der Waals surface area contributed by atoms with Crippen molar-refractivity contribution in [3.63, 3.8) is 0 Å². The molecule has 7 nitrogen and oxygen atoms in total. The second-order valence-corrected chi connectivity index (χ2v) is 5.32. The first kappa shape index (κ1) is 10.9. The molecule has 0 bridgehead atoms. The number of pyridine rings is 1. The summed E-state index contributed by atoms with van der Waals surface area (Å²) < 4.78 is 7.17. The summed E-state index contributed by atoms with van der Waals surface area (Å²) in [6.07, 6.45) is 3.11. The van der Waals surface area contributed by atoms with Crippen LogP contribution in [0, 0.1) is 0 Å². The molecule has 2 fully saturated rings. The molecule has 1 aliphatic carbocycles. The second kappa shape index (κ2) is 3.30. The Hall–Kier alpha value is -2.02. The quantitative estimate of drug-likeness (QED) is 0.655. The predicted molar refractivity (Wildman–Crippen MR) is 64.5 cm³/mol. The highest BCUT2D eigenvalue weighted by Gasteiger charge is 2.52. The summed E-state index contributed by atoms with van der Waals surface area (Å²) in [6, 6.07) is 1.22. The second-order valence-electron chi connectivity index (χ2n) is 5.32. The van der Waals surface area contributed by atoms with Gasteiger partial charge in [-0.1, -0.05) is 0 Å². The van der Waals surface area contributed by atoms with Gasteiger partial charge >= 0.3 is 0 Å². The molecule has 1 spiro atoms. The van der Waals surface area contributed by atoms with Gasteiger partial charge in [-0.25, -0.2) is 0 Å². The summed E-state index contributed by atoms with van der Waals surface area (Å²) in [6.45, 7) is 0.921. The number of carbonyl (C=O) groups excluding carboxylic acids is 1. The molecule has 1 saturated carbocycles. The standard InChI is InChI=1S/C12H13N3O4/c16-7-1-4-15-9(10(7)17)11(18)14-6-12(2-3-12)19-5-8(14)13-15/h1,4,8,13,17H,2-3,5-6H2/t8-/m0/s1. The van der Waals surface area contributed by atoms with Gasteiger partial charge in [0.25, 0.3) is 5.91 Å². The lowest BCUT2D eigenvalue weighted by molar-refractivity contribution is -0.0664. The van der Waals surface area contributed by atoms with Crippen LogP contribution in [0.5, 0.6) is 5.75 Å². The SMILES string of the molecule is O=C1c2c(O)c(=O)ccn2N[C@@H]2COC3(CC3)CN12. The minimum Gasteiger partial charge on any atom is -0.502 e. The Balaban J connectivity index is 1.79. The summed E-state index contributed by atoms with van der Waals surface area (Å²) >= 11 is 0. The average molecular weight is 263 g/mol. The van der Waals surface area contributed by atoms with Gasteiger partial charge in [0, 0.05) is 12.3 Å². The van der Waals surface area contributed by atoms with E-state index in [1.807, 2.05) is 0 Å². The summed E-state index contributed by atoms with van der Waals surface area (Å²) in [4.78, 5) is 25.5. The molecule has 1 atom stereocenters. The van der Waals surface area contributed by atoms with Crippen LogP contribution in [0.25, 0.3) is 0 Å². The fourth-order valence-corrected chi connectivity index (χ4v) is 2.71. The van der Waals surface area contributed by atoms with Gasteiger partial charge in [0.05, 0.1) is 18.8 Å². The topological polar surface area (TPSA) is 83.8 Å². The summed E-state index contributed by atoms with van der Waals surface area (Å²) in [7, 11) is 0. The highest BCUT2D eigenvalue weighted by Crippen LogP contribution is 2.43. The smallest absolute Gasteiger partial charge is 0.278 e. The number of morpholine rings is 1. The van der Waals surface area contributed by atoms with E-state index in [0.29, 0.717) is 13.2 Å². The molecule has 1 aromatic heterocycles. The molecule has 0 aromatic carbocycles. The van der Waals surface area contributed by atoms with Crippen molar-refractivity contribution >= 4 is 5.91 Å². The maximum atomic E-state index is 12.5. The molecule has 1 aromatic rings. The van der Waals surface area contributed by atoms with Crippen molar-refractivity contribution in [1.29, 1.82) is 0 Å². The average Bonchev–Trinajstić information content (AvgIpc) is 3.15. The van der Waals surface area contributed by atoms with Gasteiger partial charge in [-0.2, -0.15) is 0 Å². The van der Waals surface area contributed by atoms with Crippen molar-refractivity contribution in [3.05, 3.63) is 28.2 Å². The summed E-state index contributed by atoms with van der Waals surface area (Å²) in [5.74, 6) is -0.830. The number of amides is 1. The molecular weight excluding hydrogens is 250 g/mol. The maximum Gasteiger partial charge on any atom is 0.278 e. The maximum absolute atomic E-state index is 12.5. The fourth-order valence-electron chi connectivity index (χ4n) is 2.71. The van der Waals surface area contributed by atoms with Gasteiger partial charge in [-0.05, 0) is 12.8 Å². The fraction of sp³-hybridized carbons (Fsp3) is 0.500. The van der Waals surface area contributed by atoms with E-state index in [-0.39, 0.29) is 23.4 Å². The van der Waals surface area contributed by atoms with Crippen molar-refractivity contribution in [1.82, 2.24) is 9.58 Å². The van der Waals surface area contributed by atoms with E-state index in [4.69, 9.17) is 4.74 Å². The molecule has 1 saturated heterocycles. The third-order valence-corrected chi connectivity index (χ3v) is 4.01. The third-order valence-electron chi connectivity index (χ3n) is 4.01. The molecule has 100 valence electrons.